The lowest BCUT2D eigenvalue weighted by Crippen LogP contribution is -2.39. The van der Waals surface area contributed by atoms with Crippen molar-refractivity contribution in [1.29, 1.82) is 0 Å². The molecule has 0 aliphatic heterocycles. The van der Waals surface area contributed by atoms with Crippen molar-refractivity contribution in [2.45, 2.75) is 51.7 Å². The van der Waals surface area contributed by atoms with Crippen LogP contribution in [0, 0.1) is 13.8 Å². The summed E-state index contributed by atoms with van der Waals surface area (Å²) in [5, 5.41) is 3.92. The molecular formula is C19H21Cl2N3O2. The van der Waals surface area contributed by atoms with Gasteiger partial charge in [0.15, 0.2) is 0 Å². The zero-order chi connectivity index (χ0) is 18.7. The van der Waals surface area contributed by atoms with Crippen molar-refractivity contribution in [2.24, 2.45) is 0 Å². The summed E-state index contributed by atoms with van der Waals surface area (Å²) in [5.41, 5.74) is 2.24. The van der Waals surface area contributed by atoms with Gasteiger partial charge in [-0.15, -0.1) is 0 Å². The number of benzene rings is 1. The maximum atomic E-state index is 12.4. The maximum Gasteiger partial charge on any atom is 0.317 e. The number of ether oxygens (including phenoxy) is 1. The first kappa shape index (κ1) is 18.9. The number of nitrogens with zero attached hydrogens (tertiary/aromatic N) is 2. The molecule has 0 saturated heterocycles. The van der Waals surface area contributed by atoms with Gasteiger partial charge in [-0.1, -0.05) is 23.2 Å². The topological polar surface area (TPSA) is 64.1 Å². The summed E-state index contributed by atoms with van der Waals surface area (Å²) in [6.45, 7) is 3.85. The highest BCUT2D eigenvalue weighted by Gasteiger charge is 2.25. The zero-order valence-corrected chi connectivity index (χ0v) is 16.3. The molecule has 1 heterocycles. The van der Waals surface area contributed by atoms with Gasteiger partial charge in [0, 0.05) is 22.5 Å². The lowest BCUT2D eigenvalue weighted by atomic mass is 9.92. The predicted molar refractivity (Wildman–Crippen MR) is 102 cm³/mol. The van der Waals surface area contributed by atoms with E-state index in [2.05, 4.69) is 15.3 Å². The summed E-state index contributed by atoms with van der Waals surface area (Å²) in [5.74, 6) is -0.173. The fraction of sp³-hybridized carbons (Fsp3) is 0.421. The molecule has 1 aliphatic rings. The van der Waals surface area contributed by atoms with E-state index in [0.717, 1.165) is 37.1 Å². The molecule has 0 radical (unpaired) electrons. The summed E-state index contributed by atoms with van der Waals surface area (Å²) in [6, 6.07) is 7.34. The van der Waals surface area contributed by atoms with Crippen LogP contribution in [0.1, 0.15) is 47.4 Å². The van der Waals surface area contributed by atoms with E-state index in [4.69, 9.17) is 27.9 Å². The van der Waals surface area contributed by atoms with Crippen molar-refractivity contribution in [1.82, 2.24) is 15.3 Å². The first-order valence-corrected chi connectivity index (χ1v) is 9.41. The standard InChI is InChI=1S/C19H21Cl2N3O2/c1-11-9-12(2)23-19(22-11)26-15-6-4-14(5-7-15)24-18(25)16-8-3-13(20)10-17(16)21/h3,8-10,14-15H,4-7H2,1-2H3,(H,24,25). The van der Waals surface area contributed by atoms with Gasteiger partial charge in [0.2, 0.25) is 0 Å². The van der Waals surface area contributed by atoms with Gasteiger partial charge < -0.3 is 10.1 Å². The molecule has 2 aromatic rings. The minimum Gasteiger partial charge on any atom is -0.460 e. The molecule has 0 atom stereocenters. The number of aryl methyl sites for hydroxylation is 2. The molecule has 5 nitrogen and oxygen atoms in total. The predicted octanol–water partition coefficient (Wildman–Crippen LogP) is 4.52. The van der Waals surface area contributed by atoms with Gasteiger partial charge in [-0.05, 0) is 63.8 Å². The third kappa shape index (κ3) is 4.86. The minimum absolute atomic E-state index is 0.0727. The van der Waals surface area contributed by atoms with Crippen molar-refractivity contribution in [3.63, 3.8) is 0 Å². The molecule has 1 saturated carbocycles. The second-order valence-corrected chi connectivity index (χ2v) is 7.47. The smallest absolute Gasteiger partial charge is 0.317 e. The van der Waals surface area contributed by atoms with Gasteiger partial charge in [0.1, 0.15) is 6.10 Å². The Kier molecular flexibility index (Phi) is 5.99. The van der Waals surface area contributed by atoms with Crippen molar-refractivity contribution >= 4 is 29.1 Å². The molecule has 1 N–H and O–H groups in total. The van der Waals surface area contributed by atoms with Gasteiger partial charge in [0.25, 0.3) is 5.91 Å². The maximum absolute atomic E-state index is 12.4. The molecule has 0 unspecified atom stereocenters. The van der Waals surface area contributed by atoms with Crippen LogP contribution in [0.3, 0.4) is 0 Å². The molecule has 1 aliphatic carbocycles. The van der Waals surface area contributed by atoms with Gasteiger partial charge in [-0.3, -0.25) is 4.79 Å². The zero-order valence-electron chi connectivity index (χ0n) is 14.8. The summed E-state index contributed by atoms with van der Waals surface area (Å²) >= 11 is 12.0. The summed E-state index contributed by atoms with van der Waals surface area (Å²) in [4.78, 5) is 21.0. The SMILES string of the molecule is Cc1cc(C)nc(OC2CCC(NC(=O)c3ccc(Cl)cc3Cl)CC2)n1. The van der Waals surface area contributed by atoms with Crippen molar-refractivity contribution in [3.8, 4) is 6.01 Å². The van der Waals surface area contributed by atoms with Crippen LogP contribution >= 0.6 is 23.2 Å². The van der Waals surface area contributed by atoms with Crippen LogP contribution in [0.2, 0.25) is 10.0 Å². The molecule has 3 rings (SSSR count). The molecule has 1 fully saturated rings. The van der Waals surface area contributed by atoms with Gasteiger partial charge in [0.05, 0.1) is 10.6 Å². The quantitative estimate of drug-likeness (QED) is 0.828. The number of nitrogens with one attached hydrogen (secondary N) is 1. The first-order valence-electron chi connectivity index (χ1n) is 8.65. The van der Waals surface area contributed by atoms with Crippen molar-refractivity contribution in [2.75, 3.05) is 0 Å². The highest BCUT2D eigenvalue weighted by atomic mass is 35.5. The highest BCUT2D eigenvalue weighted by Crippen LogP contribution is 2.24. The first-order chi connectivity index (χ1) is 12.4. The largest absolute Gasteiger partial charge is 0.460 e. The average molecular weight is 394 g/mol. The van der Waals surface area contributed by atoms with Crippen LogP contribution in [-0.2, 0) is 0 Å². The molecule has 0 bridgehead atoms. The highest BCUT2D eigenvalue weighted by molar-refractivity contribution is 6.36. The molecule has 138 valence electrons. The van der Waals surface area contributed by atoms with E-state index in [1.54, 1.807) is 18.2 Å². The number of rotatable bonds is 4. The van der Waals surface area contributed by atoms with Crippen LogP contribution in [-0.4, -0.2) is 28.0 Å². The number of halogens is 2. The molecule has 1 aromatic carbocycles. The van der Waals surface area contributed by atoms with E-state index in [1.807, 2.05) is 19.9 Å². The second kappa shape index (κ2) is 8.23. The fourth-order valence-corrected chi connectivity index (χ4v) is 3.65. The Labute approximate surface area is 163 Å². The number of hydrogen-bond donors (Lipinski definition) is 1. The molecule has 1 amide bonds. The molecule has 1 aromatic heterocycles. The third-order valence-electron chi connectivity index (χ3n) is 4.42. The molecular weight excluding hydrogens is 373 g/mol. The van der Waals surface area contributed by atoms with Crippen LogP contribution in [0.25, 0.3) is 0 Å². The number of aromatic nitrogens is 2. The Hall–Kier alpha value is -1.85. The van der Waals surface area contributed by atoms with Gasteiger partial charge >= 0.3 is 6.01 Å². The van der Waals surface area contributed by atoms with E-state index >= 15 is 0 Å². The van der Waals surface area contributed by atoms with Crippen LogP contribution in [0.4, 0.5) is 0 Å². The monoisotopic (exact) mass is 393 g/mol. The van der Waals surface area contributed by atoms with Gasteiger partial charge in [-0.25, -0.2) is 9.97 Å². The summed E-state index contributed by atoms with van der Waals surface area (Å²) < 4.78 is 5.92. The Morgan fingerprint density at radius 2 is 1.73 bits per heavy atom. The van der Waals surface area contributed by atoms with E-state index in [9.17, 15) is 4.79 Å². The van der Waals surface area contributed by atoms with Gasteiger partial charge in [-0.2, -0.15) is 0 Å². The van der Waals surface area contributed by atoms with E-state index in [0.29, 0.717) is 21.6 Å². The van der Waals surface area contributed by atoms with E-state index in [-0.39, 0.29) is 18.1 Å². The van der Waals surface area contributed by atoms with Crippen molar-refractivity contribution in [3.05, 3.63) is 51.3 Å². The minimum atomic E-state index is -0.173. The number of hydrogen-bond acceptors (Lipinski definition) is 4. The number of amides is 1. The number of carbonyl (C=O) groups is 1. The number of carbonyl (C=O) groups excluding carboxylic acids is 1. The van der Waals surface area contributed by atoms with E-state index in [1.165, 1.54) is 0 Å². The second-order valence-electron chi connectivity index (χ2n) is 6.62. The molecule has 26 heavy (non-hydrogen) atoms. The molecule has 0 spiro atoms. The summed E-state index contributed by atoms with van der Waals surface area (Å²) in [7, 11) is 0. The van der Waals surface area contributed by atoms with Crippen LogP contribution in [0.5, 0.6) is 6.01 Å². The Balaban J connectivity index is 1.52. The van der Waals surface area contributed by atoms with E-state index < -0.39 is 0 Å². The van der Waals surface area contributed by atoms with Crippen LogP contribution < -0.4 is 10.1 Å². The lowest BCUT2D eigenvalue weighted by Gasteiger charge is -2.29. The molecule has 7 heteroatoms. The van der Waals surface area contributed by atoms with Crippen molar-refractivity contribution < 1.29 is 9.53 Å². The Bertz CT molecular complexity index is 785. The fourth-order valence-electron chi connectivity index (χ4n) is 3.16. The van der Waals surface area contributed by atoms with Crippen LogP contribution in [0.15, 0.2) is 24.3 Å². The Morgan fingerprint density at radius 1 is 1.08 bits per heavy atom. The Morgan fingerprint density at radius 3 is 2.35 bits per heavy atom. The summed E-state index contributed by atoms with van der Waals surface area (Å²) in [6.07, 6.45) is 3.44. The lowest BCUT2D eigenvalue weighted by molar-refractivity contribution is 0.0885. The normalized spacial score (nSPS) is 19.8. The third-order valence-corrected chi connectivity index (χ3v) is 4.97. The average Bonchev–Trinajstić information content (AvgIpc) is 2.55.